The fraction of sp³-hybridized carbons (Fsp3) is 0.778. The Labute approximate surface area is 169 Å². The molecule has 1 aromatic rings. The summed E-state index contributed by atoms with van der Waals surface area (Å²) in [7, 11) is 1.92. The number of aromatic nitrogens is 2. The summed E-state index contributed by atoms with van der Waals surface area (Å²) in [5.74, 6) is 0.406. The Hall–Kier alpha value is -0.820. The first-order chi connectivity index (χ1) is 11.6. The molecule has 150 valence electrons. The number of carbonyl (C=O) groups is 1. The van der Waals surface area contributed by atoms with Gasteiger partial charge in [0, 0.05) is 57.4 Å². The van der Waals surface area contributed by atoms with Gasteiger partial charge in [-0.1, -0.05) is 6.42 Å². The van der Waals surface area contributed by atoms with Gasteiger partial charge in [0.2, 0.25) is 5.91 Å². The molecule has 1 amide bonds. The highest BCUT2D eigenvalue weighted by Gasteiger charge is 2.34. The highest BCUT2D eigenvalue weighted by molar-refractivity contribution is 5.85. The van der Waals surface area contributed by atoms with E-state index in [0.29, 0.717) is 12.1 Å². The number of halogens is 2. The molecule has 2 N–H and O–H groups in total. The molecule has 1 aromatic heterocycles. The minimum atomic E-state index is 0. The first-order valence-corrected chi connectivity index (χ1v) is 9.29. The first kappa shape index (κ1) is 23.2. The van der Waals surface area contributed by atoms with Crippen molar-refractivity contribution in [3.05, 3.63) is 18.0 Å². The highest BCUT2D eigenvalue weighted by Crippen LogP contribution is 2.28. The molecule has 3 heterocycles. The fourth-order valence-corrected chi connectivity index (χ4v) is 4.29. The molecule has 0 radical (unpaired) electrons. The van der Waals surface area contributed by atoms with Crippen LogP contribution in [-0.2, 0) is 11.8 Å². The summed E-state index contributed by atoms with van der Waals surface area (Å²) in [4.78, 5) is 15.2. The maximum atomic E-state index is 12.6. The van der Waals surface area contributed by atoms with Gasteiger partial charge in [-0.3, -0.25) is 14.4 Å². The number of hydrogen-bond donors (Lipinski definition) is 2. The molecule has 26 heavy (non-hydrogen) atoms. The van der Waals surface area contributed by atoms with Gasteiger partial charge in [-0.15, -0.1) is 24.8 Å². The van der Waals surface area contributed by atoms with Crippen LogP contribution in [0.1, 0.15) is 44.6 Å². The Morgan fingerprint density at radius 1 is 1.27 bits per heavy atom. The van der Waals surface area contributed by atoms with E-state index in [1.807, 2.05) is 24.1 Å². The molecule has 0 aliphatic carbocycles. The predicted octanol–water partition coefficient (Wildman–Crippen LogP) is 1.95. The summed E-state index contributed by atoms with van der Waals surface area (Å²) in [6, 6.07) is 1.25. The van der Waals surface area contributed by atoms with Crippen LogP contribution in [0.3, 0.4) is 0 Å². The van der Waals surface area contributed by atoms with Crippen molar-refractivity contribution in [3.63, 3.8) is 0 Å². The van der Waals surface area contributed by atoms with Crippen LogP contribution < -0.4 is 10.6 Å². The second kappa shape index (κ2) is 10.5. The third kappa shape index (κ3) is 5.35. The van der Waals surface area contributed by atoms with E-state index in [2.05, 4.69) is 34.5 Å². The van der Waals surface area contributed by atoms with E-state index in [9.17, 15) is 4.79 Å². The zero-order valence-electron chi connectivity index (χ0n) is 16.0. The van der Waals surface area contributed by atoms with Crippen LogP contribution in [0.5, 0.6) is 0 Å². The SMILES string of the molecule is CC1CCCC(C)N1CCNC(=O)[C@H]1CNC[C@@H]1c1cnn(C)c1.Cl.Cl. The Morgan fingerprint density at radius 2 is 1.96 bits per heavy atom. The Morgan fingerprint density at radius 3 is 2.58 bits per heavy atom. The van der Waals surface area contributed by atoms with Gasteiger partial charge in [-0.25, -0.2) is 0 Å². The smallest absolute Gasteiger partial charge is 0.225 e. The Bertz CT molecular complexity index is 558. The van der Waals surface area contributed by atoms with E-state index in [1.165, 1.54) is 19.3 Å². The highest BCUT2D eigenvalue weighted by atomic mass is 35.5. The van der Waals surface area contributed by atoms with Crippen LogP contribution in [0.2, 0.25) is 0 Å². The molecule has 0 aromatic carbocycles. The average molecular weight is 406 g/mol. The number of hydrogen-bond acceptors (Lipinski definition) is 4. The third-order valence-corrected chi connectivity index (χ3v) is 5.75. The van der Waals surface area contributed by atoms with E-state index in [-0.39, 0.29) is 42.6 Å². The number of amides is 1. The van der Waals surface area contributed by atoms with E-state index >= 15 is 0 Å². The molecule has 0 spiro atoms. The zero-order chi connectivity index (χ0) is 17.1. The van der Waals surface area contributed by atoms with Crippen LogP contribution in [-0.4, -0.2) is 58.9 Å². The van der Waals surface area contributed by atoms with Crippen molar-refractivity contribution in [1.82, 2.24) is 25.3 Å². The number of carbonyl (C=O) groups excluding carboxylic acids is 1. The van der Waals surface area contributed by atoms with E-state index in [0.717, 1.165) is 31.7 Å². The Balaban J connectivity index is 0.00000169. The zero-order valence-corrected chi connectivity index (χ0v) is 17.6. The van der Waals surface area contributed by atoms with Gasteiger partial charge >= 0.3 is 0 Å². The summed E-state index contributed by atoms with van der Waals surface area (Å²) in [5.41, 5.74) is 1.15. The van der Waals surface area contributed by atoms with Gasteiger partial charge < -0.3 is 10.6 Å². The summed E-state index contributed by atoms with van der Waals surface area (Å²) in [6.45, 7) is 7.90. The van der Waals surface area contributed by atoms with Crippen molar-refractivity contribution in [3.8, 4) is 0 Å². The minimum absolute atomic E-state index is 0. The molecule has 8 heteroatoms. The lowest BCUT2D eigenvalue weighted by Crippen LogP contribution is -2.48. The lowest BCUT2D eigenvalue weighted by atomic mass is 9.90. The molecule has 6 nitrogen and oxygen atoms in total. The lowest BCUT2D eigenvalue weighted by molar-refractivity contribution is -0.124. The lowest BCUT2D eigenvalue weighted by Gasteiger charge is -2.39. The molecule has 4 atom stereocenters. The Kier molecular flexibility index (Phi) is 9.38. The molecule has 0 bridgehead atoms. The third-order valence-electron chi connectivity index (χ3n) is 5.75. The molecule has 0 saturated carbocycles. The van der Waals surface area contributed by atoms with Gasteiger partial charge in [0.25, 0.3) is 0 Å². The minimum Gasteiger partial charge on any atom is -0.355 e. The second-order valence-electron chi connectivity index (χ2n) is 7.48. The maximum Gasteiger partial charge on any atom is 0.225 e. The summed E-state index contributed by atoms with van der Waals surface area (Å²) >= 11 is 0. The molecular formula is C18H33Cl2N5O. The summed E-state index contributed by atoms with van der Waals surface area (Å²) in [5, 5.41) is 10.8. The van der Waals surface area contributed by atoms with Crippen LogP contribution in [0.15, 0.2) is 12.4 Å². The van der Waals surface area contributed by atoms with Gasteiger partial charge in [0.1, 0.15) is 0 Å². The van der Waals surface area contributed by atoms with Crippen LogP contribution >= 0.6 is 24.8 Å². The molecule has 2 fully saturated rings. The van der Waals surface area contributed by atoms with Gasteiger partial charge in [-0.05, 0) is 32.3 Å². The molecule has 3 rings (SSSR count). The molecule has 2 aliphatic heterocycles. The molecule has 2 saturated heterocycles. The van der Waals surface area contributed by atoms with Gasteiger partial charge in [0.05, 0.1) is 12.1 Å². The van der Waals surface area contributed by atoms with Crippen molar-refractivity contribution in [1.29, 1.82) is 0 Å². The van der Waals surface area contributed by atoms with Crippen LogP contribution in [0.4, 0.5) is 0 Å². The molecule has 2 aliphatic rings. The first-order valence-electron chi connectivity index (χ1n) is 9.29. The van der Waals surface area contributed by atoms with Crippen molar-refractivity contribution < 1.29 is 4.79 Å². The predicted molar refractivity (Wildman–Crippen MR) is 109 cm³/mol. The topological polar surface area (TPSA) is 62.2 Å². The molecule has 2 unspecified atom stereocenters. The number of piperidine rings is 1. The standard InChI is InChI=1S/C18H31N5O.2ClH/c1-13-5-4-6-14(2)23(13)8-7-20-18(24)17-11-19-10-16(17)15-9-21-22(3)12-15;;/h9,12-14,16-17,19H,4-8,10-11H2,1-3H3,(H,20,24);2*1H/t13?,14?,16-,17+;;/m1../s1. The van der Waals surface area contributed by atoms with Crippen LogP contribution in [0.25, 0.3) is 0 Å². The van der Waals surface area contributed by atoms with Crippen molar-refractivity contribution in [2.45, 2.75) is 51.1 Å². The number of likely N-dealkylation sites (tertiary alicyclic amines) is 1. The number of nitrogens with zero attached hydrogens (tertiary/aromatic N) is 3. The normalized spacial score (nSPS) is 28.9. The van der Waals surface area contributed by atoms with E-state index < -0.39 is 0 Å². The van der Waals surface area contributed by atoms with Gasteiger partial charge in [-0.2, -0.15) is 5.10 Å². The van der Waals surface area contributed by atoms with Crippen molar-refractivity contribution in [2.24, 2.45) is 13.0 Å². The number of aryl methyl sites for hydroxylation is 1. The quantitative estimate of drug-likeness (QED) is 0.785. The summed E-state index contributed by atoms with van der Waals surface area (Å²) in [6.07, 6.45) is 7.78. The molecular weight excluding hydrogens is 373 g/mol. The fourth-order valence-electron chi connectivity index (χ4n) is 4.29. The summed E-state index contributed by atoms with van der Waals surface area (Å²) < 4.78 is 1.81. The maximum absolute atomic E-state index is 12.6. The number of nitrogens with one attached hydrogen (secondary N) is 2. The second-order valence-corrected chi connectivity index (χ2v) is 7.48. The van der Waals surface area contributed by atoms with E-state index in [1.54, 1.807) is 0 Å². The van der Waals surface area contributed by atoms with Crippen LogP contribution in [0, 0.1) is 5.92 Å². The average Bonchev–Trinajstić information content (AvgIpc) is 3.18. The number of rotatable bonds is 5. The van der Waals surface area contributed by atoms with E-state index in [4.69, 9.17) is 0 Å². The van der Waals surface area contributed by atoms with Crippen molar-refractivity contribution in [2.75, 3.05) is 26.2 Å². The van der Waals surface area contributed by atoms with Crippen molar-refractivity contribution >= 4 is 30.7 Å². The largest absolute Gasteiger partial charge is 0.355 e. The monoisotopic (exact) mass is 405 g/mol. The van der Waals surface area contributed by atoms with Gasteiger partial charge in [0.15, 0.2) is 0 Å².